The Balaban J connectivity index is 0.00000182. The predicted molar refractivity (Wildman–Crippen MR) is 113 cm³/mol. The van der Waals surface area contributed by atoms with Gasteiger partial charge in [0.25, 0.3) is 0 Å². The van der Waals surface area contributed by atoms with Crippen LogP contribution in [0.5, 0.6) is 5.75 Å². The molecule has 0 amide bonds. The number of ether oxygens (including phenoxy) is 1. The average Bonchev–Trinajstić information content (AvgIpc) is 3.24. The molecular formula is C20H30IN3O. The summed E-state index contributed by atoms with van der Waals surface area (Å²) in [6.07, 6.45) is 7.75. The van der Waals surface area contributed by atoms with Gasteiger partial charge in [0.15, 0.2) is 5.96 Å². The third-order valence-electron chi connectivity index (χ3n) is 5.94. The third kappa shape index (κ3) is 4.23. The molecule has 25 heavy (non-hydrogen) atoms. The van der Waals surface area contributed by atoms with Crippen molar-refractivity contribution in [3.05, 3.63) is 29.3 Å². The van der Waals surface area contributed by atoms with E-state index in [9.17, 15) is 0 Å². The van der Waals surface area contributed by atoms with Crippen LogP contribution in [-0.4, -0.2) is 44.1 Å². The fourth-order valence-corrected chi connectivity index (χ4v) is 4.63. The zero-order chi connectivity index (χ0) is 16.4. The second kappa shape index (κ2) is 8.60. The molecule has 2 heterocycles. The van der Waals surface area contributed by atoms with E-state index < -0.39 is 0 Å². The highest BCUT2D eigenvalue weighted by molar-refractivity contribution is 14.0. The Morgan fingerprint density at radius 1 is 1.24 bits per heavy atom. The van der Waals surface area contributed by atoms with Crippen LogP contribution in [0.1, 0.15) is 36.8 Å². The first-order valence-electron chi connectivity index (χ1n) is 9.53. The molecule has 0 bridgehead atoms. The van der Waals surface area contributed by atoms with Gasteiger partial charge in [-0.15, -0.1) is 24.0 Å². The van der Waals surface area contributed by atoms with Crippen molar-refractivity contribution in [1.82, 2.24) is 10.2 Å². The van der Waals surface area contributed by atoms with E-state index in [4.69, 9.17) is 4.74 Å². The molecule has 1 aromatic rings. The van der Waals surface area contributed by atoms with Crippen LogP contribution in [0.15, 0.2) is 23.2 Å². The number of hydrogen-bond donors (Lipinski definition) is 1. The molecule has 1 saturated carbocycles. The lowest BCUT2D eigenvalue weighted by molar-refractivity contribution is 0.299. The number of rotatable bonds is 3. The first-order valence-corrected chi connectivity index (χ1v) is 9.53. The van der Waals surface area contributed by atoms with Gasteiger partial charge in [0.05, 0.1) is 6.61 Å². The van der Waals surface area contributed by atoms with Crippen LogP contribution in [0.3, 0.4) is 0 Å². The highest BCUT2D eigenvalue weighted by Gasteiger charge is 2.35. The second-order valence-corrected chi connectivity index (χ2v) is 7.47. The molecule has 5 heteroatoms. The van der Waals surface area contributed by atoms with E-state index in [1.807, 2.05) is 7.05 Å². The molecule has 2 fully saturated rings. The van der Waals surface area contributed by atoms with Crippen molar-refractivity contribution in [2.45, 2.75) is 38.5 Å². The van der Waals surface area contributed by atoms with Gasteiger partial charge in [-0.1, -0.05) is 25.0 Å². The summed E-state index contributed by atoms with van der Waals surface area (Å²) in [5, 5.41) is 3.58. The summed E-state index contributed by atoms with van der Waals surface area (Å²) in [4.78, 5) is 7.01. The molecule has 3 aliphatic rings. The largest absolute Gasteiger partial charge is 0.493 e. The first kappa shape index (κ1) is 18.8. The highest BCUT2D eigenvalue weighted by atomic mass is 127. The number of hydrogen-bond acceptors (Lipinski definition) is 2. The van der Waals surface area contributed by atoms with Crippen molar-refractivity contribution >= 4 is 29.9 Å². The minimum atomic E-state index is 0. The molecule has 138 valence electrons. The van der Waals surface area contributed by atoms with Gasteiger partial charge in [-0.05, 0) is 48.3 Å². The zero-order valence-corrected chi connectivity index (χ0v) is 17.5. The summed E-state index contributed by atoms with van der Waals surface area (Å²) < 4.78 is 5.59. The standard InChI is InChI=1S/C20H29N3O.HI/c1-21-20(23-13-17-4-2-3-5-18(17)14-23)22-10-8-15-6-7-19-16(12-15)9-11-24-19;/h6-7,12,17-18H,2-5,8-11,13-14H2,1H3,(H,21,22);1H. The maximum absolute atomic E-state index is 5.59. The lowest BCUT2D eigenvalue weighted by Gasteiger charge is -2.22. The molecule has 4 rings (SSSR count). The Bertz CT molecular complexity index is 605. The van der Waals surface area contributed by atoms with Crippen LogP contribution >= 0.6 is 24.0 Å². The quantitative estimate of drug-likeness (QED) is 0.431. The van der Waals surface area contributed by atoms with Crippen molar-refractivity contribution in [3.63, 3.8) is 0 Å². The smallest absolute Gasteiger partial charge is 0.193 e. The van der Waals surface area contributed by atoms with Gasteiger partial charge in [-0.25, -0.2) is 0 Å². The van der Waals surface area contributed by atoms with Crippen molar-refractivity contribution in [3.8, 4) is 5.75 Å². The van der Waals surface area contributed by atoms with E-state index in [0.29, 0.717) is 0 Å². The minimum Gasteiger partial charge on any atom is -0.493 e. The number of nitrogens with one attached hydrogen (secondary N) is 1. The van der Waals surface area contributed by atoms with E-state index in [2.05, 4.69) is 33.4 Å². The number of aliphatic imine (C=N–C) groups is 1. The monoisotopic (exact) mass is 455 g/mol. The van der Waals surface area contributed by atoms with Gasteiger partial charge in [0.2, 0.25) is 0 Å². The number of guanidine groups is 1. The van der Waals surface area contributed by atoms with Gasteiger partial charge in [0.1, 0.15) is 5.75 Å². The molecular weight excluding hydrogens is 425 g/mol. The molecule has 2 atom stereocenters. The molecule has 1 saturated heterocycles. The maximum Gasteiger partial charge on any atom is 0.193 e. The van der Waals surface area contributed by atoms with E-state index in [1.165, 1.54) is 49.9 Å². The Labute approximate surface area is 168 Å². The molecule has 0 spiro atoms. The van der Waals surface area contributed by atoms with E-state index in [0.717, 1.165) is 49.5 Å². The van der Waals surface area contributed by atoms with Crippen LogP contribution in [0.25, 0.3) is 0 Å². The average molecular weight is 455 g/mol. The molecule has 1 aliphatic carbocycles. The van der Waals surface area contributed by atoms with Crippen molar-refractivity contribution in [1.29, 1.82) is 0 Å². The molecule has 4 nitrogen and oxygen atoms in total. The van der Waals surface area contributed by atoms with Gasteiger partial charge < -0.3 is 15.0 Å². The van der Waals surface area contributed by atoms with E-state index >= 15 is 0 Å². The molecule has 2 unspecified atom stereocenters. The number of fused-ring (bicyclic) bond motifs is 2. The number of nitrogens with zero attached hydrogens (tertiary/aromatic N) is 2. The number of likely N-dealkylation sites (tertiary alicyclic amines) is 1. The molecule has 2 aliphatic heterocycles. The van der Waals surface area contributed by atoms with E-state index in [1.54, 1.807) is 0 Å². The fraction of sp³-hybridized carbons (Fsp3) is 0.650. The van der Waals surface area contributed by atoms with Crippen molar-refractivity contribution < 1.29 is 4.74 Å². The summed E-state index contributed by atoms with van der Waals surface area (Å²) in [7, 11) is 1.91. The number of halogens is 1. The number of benzene rings is 1. The maximum atomic E-state index is 5.59. The van der Waals surface area contributed by atoms with Gasteiger partial charge in [-0.2, -0.15) is 0 Å². The normalized spacial score (nSPS) is 25.0. The highest BCUT2D eigenvalue weighted by Crippen LogP contribution is 2.35. The van der Waals surface area contributed by atoms with Crippen LogP contribution in [-0.2, 0) is 12.8 Å². The second-order valence-electron chi connectivity index (χ2n) is 7.47. The Hall–Kier alpha value is -0.980. The minimum absolute atomic E-state index is 0. The van der Waals surface area contributed by atoms with E-state index in [-0.39, 0.29) is 24.0 Å². The first-order chi connectivity index (χ1) is 11.8. The topological polar surface area (TPSA) is 36.9 Å². The van der Waals surface area contributed by atoms with Gasteiger partial charge in [-0.3, -0.25) is 4.99 Å². The van der Waals surface area contributed by atoms with Crippen molar-refractivity contribution in [2.75, 3.05) is 33.3 Å². The molecule has 1 N–H and O–H groups in total. The molecule has 0 radical (unpaired) electrons. The summed E-state index contributed by atoms with van der Waals surface area (Å²) in [5.74, 6) is 3.96. The van der Waals surface area contributed by atoms with Crippen LogP contribution < -0.4 is 10.1 Å². The summed E-state index contributed by atoms with van der Waals surface area (Å²) in [5.41, 5.74) is 2.75. The van der Waals surface area contributed by atoms with Gasteiger partial charge >= 0.3 is 0 Å². The molecule has 1 aromatic carbocycles. The Morgan fingerprint density at radius 3 is 2.72 bits per heavy atom. The Morgan fingerprint density at radius 2 is 2.00 bits per heavy atom. The van der Waals surface area contributed by atoms with Crippen molar-refractivity contribution in [2.24, 2.45) is 16.8 Å². The van der Waals surface area contributed by atoms with Crippen LogP contribution in [0.4, 0.5) is 0 Å². The lowest BCUT2D eigenvalue weighted by Crippen LogP contribution is -2.41. The lowest BCUT2D eigenvalue weighted by atomic mass is 9.82. The van der Waals surface area contributed by atoms with Gasteiger partial charge in [0, 0.05) is 33.1 Å². The van der Waals surface area contributed by atoms with Crippen LogP contribution in [0, 0.1) is 11.8 Å². The third-order valence-corrected chi connectivity index (χ3v) is 5.94. The zero-order valence-electron chi connectivity index (χ0n) is 15.2. The molecule has 0 aromatic heterocycles. The summed E-state index contributed by atoms with van der Waals surface area (Å²) in [6, 6.07) is 6.62. The Kier molecular flexibility index (Phi) is 6.47. The fourth-order valence-electron chi connectivity index (χ4n) is 4.63. The van der Waals surface area contributed by atoms with Crippen LogP contribution in [0.2, 0.25) is 0 Å². The summed E-state index contributed by atoms with van der Waals surface area (Å²) >= 11 is 0. The predicted octanol–water partition coefficient (Wildman–Crippen LogP) is 3.48. The SMILES string of the molecule is CN=C(NCCc1ccc2c(c1)CCO2)N1CC2CCCCC2C1.I. The summed E-state index contributed by atoms with van der Waals surface area (Å²) in [6.45, 7) is 4.17.